The van der Waals surface area contributed by atoms with Crippen molar-refractivity contribution in [3.8, 4) is 0 Å². The Labute approximate surface area is 215 Å². The number of nitrogens with zero attached hydrogens (tertiary/aromatic N) is 2. The third-order valence-corrected chi connectivity index (χ3v) is 7.19. The van der Waals surface area contributed by atoms with Crippen LogP contribution in [0.4, 0.5) is 11.5 Å². The van der Waals surface area contributed by atoms with E-state index in [0.29, 0.717) is 23.7 Å². The van der Waals surface area contributed by atoms with Crippen LogP contribution in [0.3, 0.4) is 0 Å². The van der Waals surface area contributed by atoms with Crippen molar-refractivity contribution in [3.63, 3.8) is 0 Å². The number of rotatable bonds is 10. The second-order valence-electron chi connectivity index (χ2n) is 9.09. The molecular weight excluding hydrogens is 476 g/mol. The molecule has 8 nitrogen and oxygen atoms in total. The summed E-state index contributed by atoms with van der Waals surface area (Å²) in [6.45, 7) is 1.74. The van der Waals surface area contributed by atoms with Crippen LogP contribution >= 0.6 is 11.3 Å². The summed E-state index contributed by atoms with van der Waals surface area (Å²) in [6, 6.07) is 14.1. The Morgan fingerprint density at radius 2 is 1.86 bits per heavy atom. The lowest BCUT2D eigenvalue weighted by atomic mass is 9.95. The summed E-state index contributed by atoms with van der Waals surface area (Å²) in [6.07, 6.45) is 5.94. The first-order chi connectivity index (χ1) is 17.5. The quantitative estimate of drug-likeness (QED) is 0.383. The molecule has 1 fully saturated rings. The van der Waals surface area contributed by atoms with Gasteiger partial charge >= 0.3 is 0 Å². The van der Waals surface area contributed by atoms with Crippen LogP contribution in [0.15, 0.2) is 58.4 Å². The van der Waals surface area contributed by atoms with Gasteiger partial charge in [0.2, 0.25) is 17.7 Å². The van der Waals surface area contributed by atoms with E-state index in [-0.39, 0.29) is 36.6 Å². The summed E-state index contributed by atoms with van der Waals surface area (Å²) >= 11 is 1.46. The van der Waals surface area contributed by atoms with Crippen molar-refractivity contribution in [2.24, 2.45) is 0 Å². The van der Waals surface area contributed by atoms with Crippen LogP contribution in [0.2, 0.25) is 0 Å². The molecule has 3 amide bonds. The van der Waals surface area contributed by atoms with Gasteiger partial charge in [0.25, 0.3) is 0 Å². The van der Waals surface area contributed by atoms with Crippen molar-refractivity contribution in [3.05, 3.63) is 64.5 Å². The fraction of sp³-hybridized carbons (Fsp3) is 0.407. The maximum atomic E-state index is 13.6. The number of amides is 3. The van der Waals surface area contributed by atoms with E-state index in [1.54, 1.807) is 17.9 Å². The molecule has 1 saturated carbocycles. The lowest BCUT2D eigenvalue weighted by molar-refractivity contribution is -0.127. The van der Waals surface area contributed by atoms with Crippen molar-refractivity contribution < 1.29 is 18.9 Å². The molecule has 3 aromatic rings. The number of carbonyl (C=O) groups is 3. The SMILES string of the molecule is Cc1cc(NC(=O)CCCC(=O)N(c2ccccc2)[C@H](C(=O)NC2CCCCC2)c2cccs2)no1. The Morgan fingerprint density at radius 1 is 1.08 bits per heavy atom. The van der Waals surface area contributed by atoms with Gasteiger partial charge in [0.15, 0.2) is 5.82 Å². The van der Waals surface area contributed by atoms with Gasteiger partial charge in [-0.3, -0.25) is 19.3 Å². The highest BCUT2D eigenvalue weighted by atomic mass is 32.1. The summed E-state index contributed by atoms with van der Waals surface area (Å²) in [4.78, 5) is 42.0. The minimum atomic E-state index is -0.770. The highest BCUT2D eigenvalue weighted by Crippen LogP contribution is 2.32. The second kappa shape index (κ2) is 12.5. The molecule has 4 rings (SSSR count). The average molecular weight is 509 g/mol. The molecule has 2 heterocycles. The van der Waals surface area contributed by atoms with Gasteiger partial charge in [-0.25, -0.2) is 0 Å². The smallest absolute Gasteiger partial charge is 0.248 e. The highest BCUT2D eigenvalue weighted by Gasteiger charge is 2.34. The number of anilines is 2. The molecule has 1 aliphatic rings. The summed E-state index contributed by atoms with van der Waals surface area (Å²) in [5.74, 6) is 0.341. The zero-order chi connectivity index (χ0) is 25.3. The van der Waals surface area contributed by atoms with Crippen molar-refractivity contribution in [1.29, 1.82) is 0 Å². The van der Waals surface area contributed by atoms with Crippen molar-refractivity contribution in [1.82, 2.24) is 10.5 Å². The van der Waals surface area contributed by atoms with Gasteiger partial charge in [0.05, 0.1) is 0 Å². The lowest BCUT2D eigenvalue weighted by Gasteiger charge is -2.32. The Balaban J connectivity index is 1.49. The molecule has 190 valence electrons. The summed E-state index contributed by atoms with van der Waals surface area (Å²) in [7, 11) is 0. The average Bonchev–Trinajstić information content (AvgIpc) is 3.55. The van der Waals surface area contributed by atoms with Crippen molar-refractivity contribution >= 4 is 40.6 Å². The number of carbonyl (C=O) groups excluding carboxylic acids is 3. The third-order valence-electron chi connectivity index (χ3n) is 6.26. The molecule has 9 heteroatoms. The molecule has 0 bridgehead atoms. The second-order valence-corrected chi connectivity index (χ2v) is 10.1. The van der Waals surface area contributed by atoms with Crippen molar-refractivity contribution in [2.75, 3.05) is 10.2 Å². The number of aryl methyl sites for hydroxylation is 1. The van der Waals surface area contributed by atoms with E-state index in [1.165, 1.54) is 17.8 Å². The van der Waals surface area contributed by atoms with Gasteiger partial charge in [0.1, 0.15) is 11.8 Å². The van der Waals surface area contributed by atoms with Gasteiger partial charge in [-0.2, -0.15) is 0 Å². The van der Waals surface area contributed by atoms with Gasteiger partial charge in [-0.15, -0.1) is 11.3 Å². The van der Waals surface area contributed by atoms with E-state index in [4.69, 9.17) is 4.52 Å². The van der Waals surface area contributed by atoms with Crippen LogP contribution < -0.4 is 15.5 Å². The molecule has 36 heavy (non-hydrogen) atoms. The predicted molar refractivity (Wildman–Crippen MR) is 140 cm³/mol. The number of benzene rings is 1. The van der Waals surface area contributed by atoms with Crippen LogP contribution in [0.1, 0.15) is 68.0 Å². The molecule has 0 unspecified atom stereocenters. The van der Waals surface area contributed by atoms with E-state index in [2.05, 4.69) is 15.8 Å². The van der Waals surface area contributed by atoms with Crippen LogP contribution in [-0.4, -0.2) is 28.9 Å². The molecule has 1 aromatic carbocycles. The first kappa shape index (κ1) is 25.6. The summed E-state index contributed by atoms with van der Waals surface area (Å²) in [5.41, 5.74) is 0.655. The van der Waals surface area contributed by atoms with Crippen LogP contribution in [-0.2, 0) is 14.4 Å². The monoisotopic (exact) mass is 508 g/mol. The summed E-state index contributed by atoms with van der Waals surface area (Å²) in [5, 5.41) is 11.6. The Kier molecular flexibility index (Phi) is 8.89. The summed E-state index contributed by atoms with van der Waals surface area (Å²) < 4.78 is 4.96. The predicted octanol–water partition coefficient (Wildman–Crippen LogP) is 5.38. The standard InChI is InChI=1S/C27H32N4O4S/c1-19-18-23(30-35-19)29-24(32)15-8-16-25(33)31(21-12-6-3-7-13-21)26(22-14-9-17-36-22)27(34)28-20-10-4-2-5-11-20/h3,6-7,9,12-14,17-18,20,26H,2,4-5,8,10-11,15-16H2,1H3,(H,28,34)(H,29,30,32)/t26-/m0/s1. The largest absolute Gasteiger partial charge is 0.360 e. The molecule has 1 atom stereocenters. The molecule has 0 spiro atoms. The fourth-order valence-corrected chi connectivity index (χ4v) is 5.34. The molecule has 0 radical (unpaired) electrons. The minimum Gasteiger partial charge on any atom is -0.360 e. The first-order valence-corrected chi connectivity index (χ1v) is 13.3. The lowest BCUT2D eigenvalue weighted by Crippen LogP contribution is -2.47. The van der Waals surface area contributed by atoms with Crippen LogP contribution in [0.25, 0.3) is 0 Å². The van der Waals surface area contributed by atoms with E-state index in [1.807, 2.05) is 47.8 Å². The third kappa shape index (κ3) is 6.81. The number of nitrogens with one attached hydrogen (secondary N) is 2. The maximum absolute atomic E-state index is 13.6. The number of para-hydroxylation sites is 1. The fourth-order valence-electron chi connectivity index (χ4n) is 4.52. The van der Waals surface area contributed by atoms with Gasteiger partial charge in [-0.05, 0) is 49.8 Å². The van der Waals surface area contributed by atoms with E-state index < -0.39 is 6.04 Å². The van der Waals surface area contributed by atoms with Crippen molar-refractivity contribution in [2.45, 2.75) is 70.4 Å². The topological polar surface area (TPSA) is 105 Å². The number of hydrogen-bond acceptors (Lipinski definition) is 6. The number of hydrogen-bond donors (Lipinski definition) is 2. The van der Waals surface area contributed by atoms with Gasteiger partial charge in [-0.1, -0.05) is 48.7 Å². The maximum Gasteiger partial charge on any atom is 0.248 e. The van der Waals surface area contributed by atoms with Crippen LogP contribution in [0, 0.1) is 6.92 Å². The molecule has 0 aliphatic heterocycles. The van der Waals surface area contributed by atoms with Gasteiger partial charge in [0, 0.05) is 35.5 Å². The zero-order valence-corrected chi connectivity index (χ0v) is 21.3. The number of aromatic nitrogens is 1. The molecule has 0 saturated heterocycles. The Morgan fingerprint density at radius 3 is 2.53 bits per heavy atom. The normalized spacial score (nSPS) is 14.7. The first-order valence-electron chi connectivity index (χ1n) is 12.5. The Bertz CT molecular complexity index is 1140. The van der Waals surface area contributed by atoms with E-state index >= 15 is 0 Å². The zero-order valence-electron chi connectivity index (χ0n) is 20.4. The Hall–Kier alpha value is -3.46. The van der Waals surface area contributed by atoms with E-state index in [0.717, 1.165) is 30.6 Å². The van der Waals surface area contributed by atoms with Crippen LogP contribution in [0.5, 0.6) is 0 Å². The van der Waals surface area contributed by atoms with Gasteiger partial charge < -0.3 is 15.2 Å². The van der Waals surface area contributed by atoms with E-state index in [9.17, 15) is 14.4 Å². The molecular formula is C27H32N4O4S. The molecule has 2 aromatic heterocycles. The molecule has 2 N–H and O–H groups in total. The highest BCUT2D eigenvalue weighted by molar-refractivity contribution is 7.10. The minimum absolute atomic E-state index is 0.124. The number of thiophene rings is 1. The molecule has 1 aliphatic carbocycles.